The first-order chi connectivity index (χ1) is 11.6. The predicted molar refractivity (Wildman–Crippen MR) is 97.1 cm³/mol. The molecule has 24 heavy (non-hydrogen) atoms. The van der Waals surface area contributed by atoms with Gasteiger partial charge in [-0.25, -0.2) is 4.98 Å². The highest BCUT2D eigenvalue weighted by atomic mass is 79.9. The van der Waals surface area contributed by atoms with Gasteiger partial charge in [0.05, 0.1) is 0 Å². The van der Waals surface area contributed by atoms with Gasteiger partial charge in [0.1, 0.15) is 11.4 Å². The predicted octanol–water partition coefficient (Wildman–Crippen LogP) is 3.44. The first-order valence-corrected chi connectivity index (χ1v) is 8.08. The molecule has 1 aromatic carbocycles. The van der Waals surface area contributed by atoms with Crippen LogP contribution in [0.4, 0.5) is 5.95 Å². The van der Waals surface area contributed by atoms with Gasteiger partial charge in [0.2, 0.25) is 5.95 Å². The number of fused-ring (bicyclic) bond motifs is 1. The highest BCUT2D eigenvalue weighted by Crippen LogP contribution is 2.35. The average Bonchev–Trinajstić information content (AvgIpc) is 2.91. The van der Waals surface area contributed by atoms with E-state index in [4.69, 9.17) is 5.73 Å². The number of nitrogens with zero attached hydrogens (tertiary/aromatic N) is 5. The molecule has 4 aromatic rings. The zero-order chi connectivity index (χ0) is 16.7. The Labute approximate surface area is 146 Å². The minimum absolute atomic E-state index is 0.143. The molecule has 0 aliphatic heterocycles. The summed E-state index contributed by atoms with van der Waals surface area (Å²) in [4.78, 5) is 8.62. The van der Waals surface area contributed by atoms with Crippen LogP contribution in [0.2, 0.25) is 0 Å². The summed E-state index contributed by atoms with van der Waals surface area (Å²) in [6, 6.07) is 9.93. The van der Waals surface area contributed by atoms with Crippen molar-refractivity contribution < 1.29 is 0 Å². The second-order valence-corrected chi connectivity index (χ2v) is 6.34. The number of anilines is 1. The molecule has 0 saturated carbocycles. The number of hydrogen-bond donors (Lipinski definition) is 1. The molecule has 0 unspecified atom stereocenters. The Balaban J connectivity index is 2.04. The number of pyridine rings is 1. The summed E-state index contributed by atoms with van der Waals surface area (Å²) in [6.45, 7) is 0. The van der Waals surface area contributed by atoms with Gasteiger partial charge in [-0.3, -0.25) is 4.98 Å². The summed E-state index contributed by atoms with van der Waals surface area (Å²) >= 11 is 3.53. The molecule has 0 fully saturated rings. The number of rotatable bonds is 2. The number of nitrogens with two attached hydrogens (primary N) is 1. The van der Waals surface area contributed by atoms with Crippen molar-refractivity contribution in [1.29, 1.82) is 0 Å². The van der Waals surface area contributed by atoms with E-state index in [0.29, 0.717) is 11.4 Å². The van der Waals surface area contributed by atoms with Crippen molar-refractivity contribution in [3.63, 3.8) is 0 Å². The van der Waals surface area contributed by atoms with Crippen molar-refractivity contribution in [2.75, 3.05) is 5.73 Å². The van der Waals surface area contributed by atoms with Crippen LogP contribution in [0.1, 0.15) is 0 Å². The molecule has 0 amide bonds. The normalized spacial score (nSPS) is 11.1. The standard InChI is InChI=1S/C17H13BrN6/c1-24-9-13(12-7-11(18)4-5-14(12)24)16-15(22-23-17(19)21-16)10-3-2-6-20-8-10/h2-9H,1H3,(H2,19,21,23). The smallest absolute Gasteiger partial charge is 0.240 e. The third kappa shape index (κ3) is 2.43. The monoisotopic (exact) mass is 380 g/mol. The fourth-order valence-corrected chi connectivity index (χ4v) is 3.14. The summed E-state index contributed by atoms with van der Waals surface area (Å²) < 4.78 is 3.06. The van der Waals surface area contributed by atoms with Crippen LogP contribution in [0.25, 0.3) is 33.4 Å². The minimum Gasteiger partial charge on any atom is -0.366 e. The van der Waals surface area contributed by atoms with Gasteiger partial charge in [0.25, 0.3) is 0 Å². The fraction of sp³-hybridized carbons (Fsp3) is 0.0588. The maximum atomic E-state index is 5.81. The minimum atomic E-state index is 0.143. The van der Waals surface area contributed by atoms with Crippen LogP contribution in [0.3, 0.4) is 0 Å². The van der Waals surface area contributed by atoms with Crippen molar-refractivity contribution in [2.24, 2.45) is 7.05 Å². The molecular formula is C17H13BrN6. The maximum absolute atomic E-state index is 5.81. The second-order valence-electron chi connectivity index (χ2n) is 5.42. The van der Waals surface area contributed by atoms with E-state index < -0.39 is 0 Å². The van der Waals surface area contributed by atoms with E-state index in [1.54, 1.807) is 12.4 Å². The number of aromatic nitrogens is 5. The van der Waals surface area contributed by atoms with Crippen LogP contribution in [-0.4, -0.2) is 24.7 Å². The summed E-state index contributed by atoms with van der Waals surface area (Å²) in [5.74, 6) is 0.143. The third-order valence-corrected chi connectivity index (χ3v) is 4.34. The molecule has 0 spiro atoms. The summed E-state index contributed by atoms with van der Waals surface area (Å²) in [5.41, 5.74) is 10.1. The van der Waals surface area contributed by atoms with E-state index in [0.717, 1.165) is 26.5 Å². The zero-order valence-electron chi connectivity index (χ0n) is 12.8. The highest BCUT2D eigenvalue weighted by Gasteiger charge is 2.17. The van der Waals surface area contributed by atoms with Crippen molar-refractivity contribution in [2.45, 2.75) is 0 Å². The van der Waals surface area contributed by atoms with Gasteiger partial charge in [-0.05, 0) is 30.3 Å². The molecule has 3 heterocycles. The Bertz CT molecular complexity index is 1040. The average molecular weight is 381 g/mol. The lowest BCUT2D eigenvalue weighted by molar-refractivity contribution is 0.965. The van der Waals surface area contributed by atoms with Crippen LogP contribution < -0.4 is 5.73 Å². The van der Waals surface area contributed by atoms with E-state index in [1.807, 2.05) is 31.4 Å². The lowest BCUT2D eigenvalue weighted by atomic mass is 10.1. The highest BCUT2D eigenvalue weighted by molar-refractivity contribution is 9.10. The third-order valence-electron chi connectivity index (χ3n) is 3.84. The van der Waals surface area contributed by atoms with Gasteiger partial charge in [0, 0.05) is 52.1 Å². The molecule has 0 aliphatic rings. The lowest BCUT2D eigenvalue weighted by Crippen LogP contribution is -2.02. The molecule has 0 radical (unpaired) electrons. The number of nitrogen functional groups attached to an aromatic ring is 1. The van der Waals surface area contributed by atoms with Crippen LogP contribution in [0.5, 0.6) is 0 Å². The van der Waals surface area contributed by atoms with E-state index >= 15 is 0 Å². The molecule has 7 heteroatoms. The molecule has 2 N–H and O–H groups in total. The molecular weight excluding hydrogens is 368 g/mol. The molecule has 118 valence electrons. The Kier molecular flexibility index (Phi) is 3.50. The van der Waals surface area contributed by atoms with Crippen molar-refractivity contribution >= 4 is 32.8 Å². The molecule has 3 aromatic heterocycles. The van der Waals surface area contributed by atoms with Crippen LogP contribution in [0.15, 0.2) is 53.4 Å². The van der Waals surface area contributed by atoms with E-state index in [1.165, 1.54) is 0 Å². The van der Waals surface area contributed by atoms with Crippen molar-refractivity contribution in [3.8, 4) is 22.5 Å². The number of aryl methyl sites for hydroxylation is 1. The van der Waals surface area contributed by atoms with Crippen molar-refractivity contribution in [1.82, 2.24) is 24.7 Å². The molecule has 4 rings (SSSR count). The van der Waals surface area contributed by atoms with Gasteiger partial charge in [-0.2, -0.15) is 0 Å². The number of halogens is 1. The maximum Gasteiger partial charge on any atom is 0.240 e. The van der Waals surface area contributed by atoms with E-state index in [-0.39, 0.29) is 5.95 Å². The van der Waals surface area contributed by atoms with Crippen LogP contribution in [0, 0.1) is 0 Å². The lowest BCUT2D eigenvalue weighted by Gasteiger charge is -2.07. The zero-order valence-corrected chi connectivity index (χ0v) is 14.4. The SMILES string of the molecule is Cn1cc(-c2nc(N)nnc2-c2cccnc2)c2cc(Br)ccc21. The second kappa shape index (κ2) is 5.68. The summed E-state index contributed by atoms with van der Waals surface area (Å²) in [7, 11) is 2.00. The quantitative estimate of drug-likeness (QED) is 0.575. The van der Waals surface area contributed by atoms with Gasteiger partial charge < -0.3 is 10.3 Å². The first kappa shape index (κ1) is 14.8. The number of hydrogen-bond acceptors (Lipinski definition) is 5. The van der Waals surface area contributed by atoms with Gasteiger partial charge in [0.15, 0.2) is 0 Å². The number of benzene rings is 1. The Morgan fingerprint density at radius 3 is 2.79 bits per heavy atom. The van der Waals surface area contributed by atoms with E-state index in [9.17, 15) is 0 Å². The Morgan fingerprint density at radius 1 is 1.12 bits per heavy atom. The van der Waals surface area contributed by atoms with Crippen LogP contribution >= 0.6 is 15.9 Å². The summed E-state index contributed by atoms with van der Waals surface area (Å²) in [6.07, 6.45) is 5.49. The largest absolute Gasteiger partial charge is 0.366 e. The van der Waals surface area contributed by atoms with Gasteiger partial charge in [-0.15, -0.1) is 10.2 Å². The topological polar surface area (TPSA) is 82.5 Å². The molecule has 6 nitrogen and oxygen atoms in total. The Morgan fingerprint density at radius 2 is 2.00 bits per heavy atom. The van der Waals surface area contributed by atoms with Gasteiger partial charge in [-0.1, -0.05) is 15.9 Å². The molecule has 0 atom stereocenters. The molecule has 0 saturated heterocycles. The van der Waals surface area contributed by atoms with E-state index in [2.05, 4.69) is 52.8 Å². The summed E-state index contributed by atoms with van der Waals surface area (Å²) in [5, 5.41) is 9.25. The Hall–Kier alpha value is -2.80. The first-order valence-electron chi connectivity index (χ1n) is 7.29. The molecule has 0 bridgehead atoms. The fourth-order valence-electron chi connectivity index (χ4n) is 2.78. The van der Waals surface area contributed by atoms with Crippen molar-refractivity contribution in [3.05, 3.63) is 53.4 Å². The van der Waals surface area contributed by atoms with Crippen LogP contribution in [-0.2, 0) is 7.05 Å². The molecule has 0 aliphatic carbocycles. The van der Waals surface area contributed by atoms with Gasteiger partial charge >= 0.3 is 0 Å².